The zero-order chi connectivity index (χ0) is 25.7. The molecule has 3 aromatic rings. The second-order valence-corrected chi connectivity index (χ2v) is 11.3. The molecule has 36 heavy (non-hydrogen) atoms. The Morgan fingerprint density at radius 1 is 0.889 bits per heavy atom. The lowest BCUT2D eigenvalue weighted by Crippen LogP contribution is -2.29. The van der Waals surface area contributed by atoms with E-state index in [1.165, 1.54) is 47.6 Å². The quantitative estimate of drug-likeness (QED) is 0.276. The van der Waals surface area contributed by atoms with Gasteiger partial charge in [0.2, 0.25) is 0 Å². The molecule has 3 nitrogen and oxygen atoms in total. The Morgan fingerprint density at radius 3 is 2.31 bits per heavy atom. The molecule has 0 bridgehead atoms. The summed E-state index contributed by atoms with van der Waals surface area (Å²) in [5, 5.41) is 12.0. The Morgan fingerprint density at radius 2 is 1.58 bits per heavy atom. The summed E-state index contributed by atoms with van der Waals surface area (Å²) in [6.07, 6.45) is 13.9. The van der Waals surface area contributed by atoms with E-state index in [2.05, 4.69) is 88.4 Å². The van der Waals surface area contributed by atoms with E-state index in [0.29, 0.717) is 5.69 Å². The van der Waals surface area contributed by atoms with E-state index in [1.807, 2.05) is 6.07 Å². The van der Waals surface area contributed by atoms with E-state index in [9.17, 15) is 4.79 Å². The molecular formula is C33H35NO2. The molecule has 3 N–H and O–H groups in total. The summed E-state index contributed by atoms with van der Waals surface area (Å²) in [7, 11) is 0. The van der Waals surface area contributed by atoms with Crippen molar-refractivity contribution in [1.29, 1.82) is 0 Å². The molecule has 0 unspecified atom stereocenters. The first kappa shape index (κ1) is 24.1. The molecule has 3 heteroatoms. The Bertz CT molecular complexity index is 1470. The first-order valence-electron chi connectivity index (χ1n) is 12.9. The van der Waals surface area contributed by atoms with Crippen LogP contribution in [0.3, 0.4) is 0 Å². The van der Waals surface area contributed by atoms with Crippen LogP contribution >= 0.6 is 0 Å². The van der Waals surface area contributed by atoms with Gasteiger partial charge in [0, 0.05) is 16.5 Å². The molecule has 0 amide bonds. The monoisotopic (exact) mass is 477 g/mol. The highest BCUT2D eigenvalue weighted by atomic mass is 16.4. The highest BCUT2D eigenvalue weighted by molar-refractivity contribution is 5.95. The van der Waals surface area contributed by atoms with Crippen molar-refractivity contribution >= 4 is 28.0 Å². The lowest BCUT2D eigenvalue weighted by molar-refractivity contribution is 0.0698. The van der Waals surface area contributed by atoms with Crippen molar-refractivity contribution in [2.75, 3.05) is 5.73 Å². The molecular weight excluding hydrogens is 442 g/mol. The van der Waals surface area contributed by atoms with Crippen LogP contribution in [0.2, 0.25) is 0 Å². The molecule has 0 saturated carbocycles. The van der Waals surface area contributed by atoms with E-state index < -0.39 is 5.97 Å². The van der Waals surface area contributed by atoms with Gasteiger partial charge in [-0.15, -0.1) is 0 Å². The van der Waals surface area contributed by atoms with E-state index in [4.69, 9.17) is 10.8 Å². The number of nitrogens with two attached hydrogens (primary N) is 1. The van der Waals surface area contributed by atoms with E-state index in [1.54, 1.807) is 17.2 Å². The Balaban J connectivity index is 0.000000148. The molecule has 0 atom stereocenters. The molecule has 6 rings (SSSR count). The van der Waals surface area contributed by atoms with Gasteiger partial charge < -0.3 is 10.8 Å². The number of allylic oxidation sites excluding steroid dienone is 6. The minimum Gasteiger partial charge on any atom is -0.478 e. The number of aromatic carboxylic acids is 1. The van der Waals surface area contributed by atoms with Crippen LogP contribution < -0.4 is 5.73 Å². The van der Waals surface area contributed by atoms with Crippen molar-refractivity contribution < 1.29 is 9.90 Å². The third-order valence-corrected chi connectivity index (χ3v) is 8.01. The number of nitrogen functional groups attached to an aromatic ring is 1. The SMILES string of the molecule is C1=CC2=C(CC1)CCc1c2ccc2ccccc12.CC1(C)C=CC(C)(C)c2cc(C(=O)O)c(N)cc21. The average molecular weight is 478 g/mol. The van der Waals surface area contributed by atoms with Gasteiger partial charge in [0.15, 0.2) is 0 Å². The molecule has 3 aromatic carbocycles. The smallest absolute Gasteiger partial charge is 0.337 e. The minimum atomic E-state index is -0.974. The second-order valence-electron chi connectivity index (χ2n) is 11.3. The Kier molecular flexibility index (Phi) is 5.90. The van der Waals surface area contributed by atoms with Crippen LogP contribution in [-0.2, 0) is 17.3 Å². The van der Waals surface area contributed by atoms with Gasteiger partial charge >= 0.3 is 5.97 Å². The predicted octanol–water partition coefficient (Wildman–Crippen LogP) is 7.98. The first-order chi connectivity index (χ1) is 17.1. The number of rotatable bonds is 1. The number of hydrogen-bond acceptors (Lipinski definition) is 2. The van der Waals surface area contributed by atoms with Crippen LogP contribution in [0.15, 0.2) is 78.4 Å². The first-order valence-corrected chi connectivity index (χ1v) is 12.9. The fraction of sp³-hybridized carbons (Fsp3) is 0.303. The summed E-state index contributed by atoms with van der Waals surface area (Å²) in [4.78, 5) is 11.2. The third-order valence-electron chi connectivity index (χ3n) is 8.01. The summed E-state index contributed by atoms with van der Waals surface area (Å²) >= 11 is 0. The van der Waals surface area contributed by atoms with Gasteiger partial charge in [-0.3, -0.25) is 0 Å². The van der Waals surface area contributed by atoms with Gasteiger partial charge in [0.05, 0.1) is 5.56 Å². The summed E-state index contributed by atoms with van der Waals surface area (Å²) < 4.78 is 0. The summed E-state index contributed by atoms with van der Waals surface area (Å²) in [6, 6.07) is 16.9. The third kappa shape index (κ3) is 4.17. The maximum atomic E-state index is 11.2. The molecule has 184 valence electrons. The van der Waals surface area contributed by atoms with Crippen molar-refractivity contribution in [3.05, 3.63) is 106 Å². The van der Waals surface area contributed by atoms with Crippen LogP contribution in [0.5, 0.6) is 0 Å². The van der Waals surface area contributed by atoms with Crippen molar-refractivity contribution in [3.63, 3.8) is 0 Å². The number of carbonyl (C=O) groups is 1. The zero-order valence-electron chi connectivity index (χ0n) is 21.7. The van der Waals surface area contributed by atoms with Crippen LogP contribution in [0, 0.1) is 0 Å². The number of hydrogen-bond donors (Lipinski definition) is 2. The average Bonchev–Trinajstić information content (AvgIpc) is 2.86. The topological polar surface area (TPSA) is 63.3 Å². The normalized spacial score (nSPS) is 18.6. The Hall–Kier alpha value is -3.59. The van der Waals surface area contributed by atoms with Crippen LogP contribution in [0.1, 0.15) is 79.6 Å². The number of aryl methyl sites for hydroxylation is 1. The van der Waals surface area contributed by atoms with Crippen LogP contribution in [0.25, 0.3) is 16.3 Å². The number of carboxylic acids is 1. The fourth-order valence-corrected chi connectivity index (χ4v) is 5.85. The molecule has 3 aliphatic rings. The largest absolute Gasteiger partial charge is 0.478 e. The van der Waals surface area contributed by atoms with Gasteiger partial charge in [0.1, 0.15) is 0 Å². The van der Waals surface area contributed by atoms with Crippen molar-refractivity contribution in [1.82, 2.24) is 0 Å². The molecule has 0 spiro atoms. The summed E-state index contributed by atoms with van der Waals surface area (Å²) in [6.45, 7) is 8.38. The second kappa shape index (κ2) is 8.81. The summed E-state index contributed by atoms with van der Waals surface area (Å²) in [5.74, 6) is -0.974. The van der Waals surface area contributed by atoms with Gasteiger partial charge in [-0.2, -0.15) is 0 Å². The van der Waals surface area contributed by atoms with Crippen LogP contribution in [-0.4, -0.2) is 11.1 Å². The Labute approximate surface area is 214 Å². The number of anilines is 1. The zero-order valence-corrected chi connectivity index (χ0v) is 21.7. The molecule has 0 aliphatic heterocycles. The van der Waals surface area contributed by atoms with Gasteiger partial charge in [0.25, 0.3) is 0 Å². The minimum absolute atomic E-state index is 0.115. The van der Waals surface area contributed by atoms with E-state index in [0.717, 1.165) is 11.1 Å². The maximum absolute atomic E-state index is 11.2. The van der Waals surface area contributed by atoms with Gasteiger partial charge in [-0.1, -0.05) is 94.0 Å². The molecule has 0 fully saturated rings. The number of fused-ring (bicyclic) bond motifs is 5. The summed E-state index contributed by atoms with van der Waals surface area (Å²) in [5.41, 5.74) is 14.5. The number of benzene rings is 3. The highest BCUT2D eigenvalue weighted by Gasteiger charge is 2.34. The maximum Gasteiger partial charge on any atom is 0.337 e. The van der Waals surface area contributed by atoms with Crippen molar-refractivity contribution in [2.24, 2.45) is 0 Å². The van der Waals surface area contributed by atoms with Crippen molar-refractivity contribution in [2.45, 2.75) is 64.2 Å². The molecule has 0 aromatic heterocycles. The molecule has 0 heterocycles. The predicted molar refractivity (Wildman–Crippen MR) is 151 cm³/mol. The highest BCUT2D eigenvalue weighted by Crippen LogP contribution is 2.43. The lowest BCUT2D eigenvalue weighted by atomic mass is 9.67. The van der Waals surface area contributed by atoms with Crippen molar-refractivity contribution in [3.8, 4) is 0 Å². The lowest BCUT2D eigenvalue weighted by Gasteiger charge is -2.37. The molecule has 0 saturated heterocycles. The standard InChI is InChI=1S/C18H16.C15H19NO2/c1-3-7-15-13(5-1)9-11-18-16-8-4-2-6-14(16)10-12-17(15)18;1-14(2)5-6-15(3,4)11-8-12(16)9(13(17)18)7-10(11)14/h1,3-5,7-9,11H,2,6,10,12H2;5-8H,16H2,1-4H3,(H,17,18). The molecule has 3 aliphatic carbocycles. The van der Waals surface area contributed by atoms with E-state index in [-0.39, 0.29) is 16.4 Å². The van der Waals surface area contributed by atoms with Crippen LogP contribution in [0.4, 0.5) is 5.69 Å². The van der Waals surface area contributed by atoms with Gasteiger partial charge in [-0.05, 0) is 76.4 Å². The van der Waals surface area contributed by atoms with E-state index >= 15 is 0 Å². The fourth-order valence-electron chi connectivity index (χ4n) is 5.85. The molecule has 0 radical (unpaired) electrons. The number of carboxylic acid groups (broad SMARTS) is 1. The van der Waals surface area contributed by atoms with Gasteiger partial charge in [-0.25, -0.2) is 4.79 Å².